The molecule has 0 saturated heterocycles. The van der Waals surface area contributed by atoms with E-state index >= 15 is 0 Å². The van der Waals surface area contributed by atoms with Crippen molar-refractivity contribution >= 4 is 28.8 Å². The Balaban J connectivity index is 1.58. The molecule has 2 heterocycles. The number of hydrogen-bond acceptors (Lipinski definition) is 3. The quantitative estimate of drug-likeness (QED) is 0.759. The van der Waals surface area contributed by atoms with Gasteiger partial charge in [0.1, 0.15) is 5.69 Å². The summed E-state index contributed by atoms with van der Waals surface area (Å²) in [6.07, 6.45) is 0. The monoisotopic (exact) mass is 345 g/mol. The molecule has 0 radical (unpaired) electrons. The number of amides is 1. The van der Waals surface area contributed by atoms with Gasteiger partial charge in [0.05, 0.1) is 11.4 Å². The molecule has 0 saturated carbocycles. The van der Waals surface area contributed by atoms with Crippen LogP contribution in [-0.4, -0.2) is 22.2 Å². The summed E-state index contributed by atoms with van der Waals surface area (Å²) in [6, 6.07) is 13.0. The summed E-state index contributed by atoms with van der Waals surface area (Å²) in [5.74, 6) is -0.107. The minimum absolute atomic E-state index is 0.107. The molecule has 6 heteroatoms. The average Bonchev–Trinajstić information content (AvgIpc) is 3.18. The minimum atomic E-state index is -0.107. The highest BCUT2D eigenvalue weighted by atomic mass is 35.5. The Labute approximate surface area is 143 Å². The molecule has 0 aliphatic heterocycles. The summed E-state index contributed by atoms with van der Waals surface area (Å²) in [6.45, 7) is 3.18. The van der Waals surface area contributed by atoms with Crippen LogP contribution in [0, 0.1) is 6.92 Å². The van der Waals surface area contributed by atoms with Gasteiger partial charge in [0, 0.05) is 22.8 Å². The number of nitrogens with one attached hydrogen (secondary N) is 1. The van der Waals surface area contributed by atoms with Gasteiger partial charge >= 0.3 is 0 Å². The Kier molecular flexibility index (Phi) is 4.79. The van der Waals surface area contributed by atoms with Crippen LogP contribution in [0.4, 0.5) is 0 Å². The third-order valence-electron chi connectivity index (χ3n) is 3.47. The Bertz CT molecular complexity index is 794. The van der Waals surface area contributed by atoms with E-state index in [-0.39, 0.29) is 5.91 Å². The summed E-state index contributed by atoms with van der Waals surface area (Å²) in [5.41, 5.74) is 2.65. The van der Waals surface area contributed by atoms with E-state index in [9.17, 15) is 4.79 Å². The average molecular weight is 346 g/mol. The van der Waals surface area contributed by atoms with Gasteiger partial charge in [-0.05, 0) is 48.7 Å². The minimum Gasteiger partial charge on any atom is -0.350 e. The van der Waals surface area contributed by atoms with Crippen LogP contribution in [0.5, 0.6) is 0 Å². The summed E-state index contributed by atoms with van der Waals surface area (Å²) in [4.78, 5) is 13.2. The van der Waals surface area contributed by atoms with Crippen LogP contribution in [0.15, 0.2) is 47.8 Å². The van der Waals surface area contributed by atoms with Crippen molar-refractivity contribution in [1.29, 1.82) is 0 Å². The molecule has 0 aliphatic carbocycles. The first-order valence-corrected chi connectivity index (χ1v) is 8.51. The van der Waals surface area contributed by atoms with E-state index in [4.69, 9.17) is 11.6 Å². The zero-order chi connectivity index (χ0) is 16.2. The summed E-state index contributed by atoms with van der Waals surface area (Å²) >= 11 is 7.49. The number of halogens is 1. The maximum atomic E-state index is 12.0. The van der Waals surface area contributed by atoms with Crippen LogP contribution in [0.1, 0.15) is 16.1 Å². The molecule has 23 heavy (non-hydrogen) atoms. The fraction of sp³-hybridized carbons (Fsp3) is 0.176. The van der Waals surface area contributed by atoms with Crippen molar-refractivity contribution in [2.45, 2.75) is 13.5 Å². The number of hydrogen-bond donors (Lipinski definition) is 1. The number of aryl methyl sites for hydroxylation is 1. The fourth-order valence-electron chi connectivity index (χ4n) is 2.26. The molecular formula is C17H16ClN3OS. The summed E-state index contributed by atoms with van der Waals surface area (Å²) in [5, 5.41) is 10.1. The predicted octanol–water partition coefficient (Wildman–Crippen LogP) is 4.00. The number of thiophene rings is 1. The van der Waals surface area contributed by atoms with Crippen molar-refractivity contribution in [3.8, 4) is 10.6 Å². The lowest BCUT2D eigenvalue weighted by Gasteiger charge is -2.07. The molecule has 0 fully saturated rings. The lowest BCUT2D eigenvalue weighted by Crippen LogP contribution is -2.27. The van der Waals surface area contributed by atoms with E-state index < -0.39 is 0 Å². The first-order valence-electron chi connectivity index (χ1n) is 7.25. The molecule has 1 N–H and O–H groups in total. The van der Waals surface area contributed by atoms with Crippen LogP contribution in [-0.2, 0) is 6.54 Å². The molecule has 0 spiro atoms. The number of rotatable bonds is 5. The SMILES string of the molecule is Cc1cc(-c2cccs2)nn1CCNC(=O)c1ccc(Cl)cc1. The highest BCUT2D eigenvalue weighted by molar-refractivity contribution is 7.13. The second-order valence-electron chi connectivity index (χ2n) is 5.13. The fourth-order valence-corrected chi connectivity index (χ4v) is 3.07. The Morgan fingerprint density at radius 3 is 2.78 bits per heavy atom. The predicted molar refractivity (Wildman–Crippen MR) is 94.1 cm³/mol. The van der Waals surface area contributed by atoms with Crippen molar-refractivity contribution in [3.63, 3.8) is 0 Å². The molecule has 3 aromatic rings. The number of carbonyl (C=O) groups is 1. The van der Waals surface area contributed by atoms with Gasteiger partial charge in [-0.15, -0.1) is 11.3 Å². The molecule has 0 bridgehead atoms. The molecule has 0 unspecified atom stereocenters. The van der Waals surface area contributed by atoms with Gasteiger partial charge in [-0.3, -0.25) is 9.48 Å². The van der Waals surface area contributed by atoms with Crippen molar-refractivity contribution < 1.29 is 4.79 Å². The van der Waals surface area contributed by atoms with E-state index in [1.165, 1.54) is 0 Å². The van der Waals surface area contributed by atoms with Gasteiger partial charge in [-0.1, -0.05) is 17.7 Å². The lowest BCUT2D eigenvalue weighted by atomic mass is 10.2. The van der Waals surface area contributed by atoms with E-state index in [0.717, 1.165) is 16.3 Å². The number of carbonyl (C=O) groups excluding carboxylic acids is 1. The zero-order valence-corrected chi connectivity index (χ0v) is 14.2. The van der Waals surface area contributed by atoms with Gasteiger partial charge in [0.2, 0.25) is 0 Å². The summed E-state index contributed by atoms with van der Waals surface area (Å²) in [7, 11) is 0. The van der Waals surface area contributed by atoms with Gasteiger partial charge in [-0.2, -0.15) is 5.10 Å². The van der Waals surface area contributed by atoms with Crippen molar-refractivity contribution in [3.05, 3.63) is 64.1 Å². The molecule has 2 aromatic heterocycles. The number of aromatic nitrogens is 2. The molecule has 4 nitrogen and oxygen atoms in total. The van der Waals surface area contributed by atoms with E-state index in [0.29, 0.717) is 23.7 Å². The second-order valence-corrected chi connectivity index (χ2v) is 6.52. The molecule has 0 atom stereocenters. The molecular weight excluding hydrogens is 330 g/mol. The lowest BCUT2D eigenvalue weighted by molar-refractivity contribution is 0.0952. The maximum absolute atomic E-state index is 12.0. The van der Waals surface area contributed by atoms with Crippen LogP contribution >= 0.6 is 22.9 Å². The van der Waals surface area contributed by atoms with Gasteiger partial charge < -0.3 is 5.32 Å². The Morgan fingerprint density at radius 2 is 2.09 bits per heavy atom. The summed E-state index contributed by atoms with van der Waals surface area (Å²) < 4.78 is 1.91. The Morgan fingerprint density at radius 1 is 1.30 bits per heavy atom. The van der Waals surface area contributed by atoms with Crippen LogP contribution < -0.4 is 5.32 Å². The molecule has 3 rings (SSSR count). The highest BCUT2D eigenvalue weighted by Crippen LogP contribution is 2.23. The smallest absolute Gasteiger partial charge is 0.251 e. The maximum Gasteiger partial charge on any atom is 0.251 e. The first kappa shape index (κ1) is 15.8. The van der Waals surface area contributed by atoms with Crippen LogP contribution in [0.25, 0.3) is 10.6 Å². The van der Waals surface area contributed by atoms with Crippen LogP contribution in [0.3, 0.4) is 0 Å². The third-order valence-corrected chi connectivity index (χ3v) is 4.61. The second kappa shape index (κ2) is 6.98. The van der Waals surface area contributed by atoms with Crippen molar-refractivity contribution in [2.24, 2.45) is 0 Å². The molecule has 1 aromatic carbocycles. The molecule has 118 valence electrons. The third kappa shape index (κ3) is 3.81. The van der Waals surface area contributed by atoms with E-state index in [2.05, 4.69) is 22.5 Å². The first-order chi connectivity index (χ1) is 11.1. The van der Waals surface area contributed by atoms with Crippen molar-refractivity contribution in [1.82, 2.24) is 15.1 Å². The van der Waals surface area contributed by atoms with Gasteiger partial charge in [-0.25, -0.2) is 0 Å². The largest absolute Gasteiger partial charge is 0.350 e. The number of benzene rings is 1. The highest BCUT2D eigenvalue weighted by Gasteiger charge is 2.08. The number of nitrogens with zero attached hydrogens (tertiary/aromatic N) is 2. The van der Waals surface area contributed by atoms with E-state index in [1.807, 2.05) is 23.1 Å². The van der Waals surface area contributed by atoms with Crippen molar-refractivity contribution in [2.75, 3.05) is 6.54 Å². The van der Waals surface area contributed by atoms with Gasteiger partial charge in [0.15, 0.2) is 0 Å². The standard InChI is InChI=1S/C17H16ClN3OS/c1-12-11-15(16-3-2-10-23-16)20-21(12)9-8-19-17(22)13-4-6-14(18)7-5-13/h2-7,10-11H,8-9H2,1H3,(H,19,22). The zero-order valence-electron chi connectivity index (χ0n) is 12.6. The van der Waals surface area contributed by atoms with E-state index in [1.54, 1.807) is 35.6 Å². The van der Waals surface area contributed by atoms with Gasteiger partial charge in [0.25, 0.3) is 5.91 Å². The Hall–Kier alpha value is -2.11. The topological polar surface area (TPSA) is 46.9 Å². The van der Waals surface area contributed by atoms with Crippen LogP contribution in [0.2, 0.25) is 5.02 Å². The molecule has 0 aliphatic rings. The normalized spacial score (nSPS) is 10.7. The molecule has 1 amide bonds.